The summed E-state index contributed by atoms with van der Waals surface area (Å²) in [6.45, 7) is 9.08. The molecule has 0 saturated carbocycles. The predicted molar refractivity (Wildman–Crippen MR) is 102 cm³/mol. The van der Waals surface area contributed by atoms with E-state index < -0.39 is 0 Å². The third kappa shape index (κ3) is 21.3. The maximum atomic E-state index is 11.6. The molecule has 1 amide bonds. The summed E-state index contributed by atoms with van der Waals surface area (Å²) >= 11 is 0. The van der Waals surface area contributed by atoms with Crippen LogP contribution in [0.5, 0.6) is 0 Å². The molecular formula is C18H38N2O7. The minimum atomic E-state index is -0.332. The monoisotopic (exact) mass is 394 g/mol. The Morgan fingerprint density at radius 2 is 1.19 bits per heavy atom. The topological polar surface area (TPSA) is 111 Å². The Labute approximate surface area is 163 Å². The van der Waals surface area contributed by atoms with Gasteiger partial charge in [-0.05, 0) is 12.3 Å². The minimum Gasteiger partial charge on any atom is -0.382 e. The second kappa shape index (κ2) is 19.9. The van der Waals surface area contributed by atoms with E-state index in [9.17, 15) is 4.79 Å². The van der Waals surface area contributed by atoms with Crippen LogP contribution in [-0.4, -0.2) is 91.9 Å². The van der Waals surface area contributed by atoms with Gasteiger partial charge in [0.1, 0.15) is 6.61 Å². The molecule has 0 radical (unpaired) electrons. The third-order valence-electron chi connectivity index (χ3n) is 3.22. The van der Waals surface area contributed by atoms with Crippen LogP contribution in [0.25, 0.3) is 0 Å². The molecule has 162 valence electrons. The first-order chi connectivity index (χ1) is 13.1. The van der Waals surface area contributed by atoms with Crippen LogP contribution in [0.3, 0.4) is 0 Å². The van der Waals surface area contributed by atoms with Crippen molar-refractivity contribution >= 4 is 5.91 Å². The van der Waals surface area contributed by atoms with Gasteiger partial charge in [-0.2, -0.15) is 0 Å². The highest BCUT2D eigenvalue weighted by molar-refractivity contribution is 5.77. The first-order valence-corrected chi connectivity index (χ1v) is 9.48. The van der Waals surface area contributed by atoms with Crippen molar-refractivity contribution in [3.8, 4) is 0 Å². The highest BCUT2D eigenvalue weighted by Crippen LogP contribution is 2.00. The molecule has 0 saturated heterocycles. The van der Waals surface area contributed by atoms with Crippen molar-refractivity contribution in [1.29, 1.82) is 0 Å². The predicted octanol–water partition coefficient (Wildman–Crippen LogP) is 0.163. The van der Waals surface area contributed by atoms with E-state index in [1.54, 1.807) is 7.11 Å². The van der Waals surface area contributed by atoms with E-state index in [0.717, 1.165) is 6.42 Å². The number of carbonyl (C=O) groups excluding carboxylic acids is 1. The van der Waals surface area contributed by atoms with Gasteiger partial charge in [0.05, 0.1) is 72.2 Å². The number of hydrogen-bond acceptors (Lipinski definition) is 8. The van der Waals surface area contributed by atoms with Gasteiger partial charge < -0.3 is 39.5 Å². The maximum absolute atomic E-state index is 11.6. The van der Waals surface area contributed by atoms with Crippen molar-refractivity contribution in [2.45, 2.75) is 26.4 Å². The molecule has 9 heteroatoms. The van der Waals surface area contributed by atoms with E-state index in [1.165, 1.54) is 0 Å². The molecule has 9 nitrogen and oxygen atoms in total. The van der Waals surface area contributed by atoms with E-state index in [-0.39, 0.29) is 18.7 Å². The quantitative estimate of drug-likeness (QED) is 0.222. The minimum absolute atomic E-state index is 0.0157. The van der Waals surface area contributed by atoms with Crippen molar-refractivity contribution < 1.29 is 33.2 Å². The Hall–Kier alpha value is -0.810. The summed E-state index contributed by atoms with van der Waals surface area (Å²) in [5.41, 5.74) is 5.79. The molecule has 0 fully saturated rings. The second-order valence-electron chi connectivity index (χ2n) is 6.30. The van der Waals surface area contributed by atoms with Crippen LogP contribution >= 0.6 is 0 Å². The normalized spacial score (nSPS) is 12.5. The zero-order chi connectivity index (χ0) is 20.2. The Kier molecular flexibility index (Phi) is 19.3. The zero-order valence-electron chi connectivity index (χ0n) is 17.1. The van der Waals surface area contributed by atoms with Crippen LogP contribution in [0.4, 0.5) is 0 Å². The molecule has 0 aliphatic rings. The lowest BCUT2D eigenvalue weighted by atomic mass is 10.1. The van der Waals surface area contributed by atoms with Gasteiger partial charge in [0.15, 0.2) is 0 Å². The SMILES string of the molecule is COCCOCCOCCOCCOCCOCC(=O)NC(N)CC(C)C. The van der Waals surface area contributed by atoms with Gasteiger partial charge in [-0.25, -0.2) is 0 Å². The molecule has 0 heterocycles. The van der Waals surface area contributed by atoms with Gasteiger partial charge in [-0.15, -0.1) is 0 Å². The van der Waals surface area contributed by atoms with Gasteiger partial charge in [0.2, 0.25) is 5.91 Å². The van der Waals surface area contributed by atoms with E-state index in [2.05, 4.69) is 19.2 Å². The van der Waals surface area contributed by atoms with Crippen LogP contribution in [0.1, 0.15) is 20.3 Å². The van der Waals surface area contributed by atoms with Crippen LogP contribution in [0.15, 0.2) is 0 Å². The number of hydrogen-bond donors (Lipinski definition) is 2. The number of methoxy groups -OCH3 is 1. The fourth-order valence-corrected chi connectivity index (χ4v) is 2.00. The zero-order valence-corrected chi connectivity index (χ0v) is 17.1. The van der Waals surface area contributed by atoms with Crippen molar-refractivity contribution in [2.75, 3.05) is 79.8 Å². The molecule has 1 unspecified atom stereocenters. The molecule has 1 atom stereocenters. The molecule has 0 spiro atoms. The molecule has 0 aromatic carbocycles. The van der Waals surface area contributed by atoms with Gasteiger partial charge in [-0.3, -0.25) is 4.79 Å². The van der Waals surface area contributed by atoms with E-state index in [0.29, 0.717) is 72.0 Å². The second-order valence-corrected chi connectivity index (χ2v) is 6.30. The smallest absolute Gasteiger partial charge is 0.247 e. The summed E-state index contributed by atoms with van der Waals surface area (Å²) in [6.07, 6.45) is 0.406. The highest BCUT2D eigenvalue weighted by atomic mass is 16.6. The molecule has 0 aromatic heterocycles. The number of nitrogens with one attached hydrogen (secondary N) is 1. The number of nitrogens with two attached hydrogens (primary N) is 1. The van der Waals surface area contributed by atoms with E-state index >= 15 is 0 Å². The molecular weight excluding hydrogens is 356 g/mol. The van der Waals surface area contributed by atoms with Crippen LogP contribution < -0.4 is 11.1 Å². The first-order valence-electron chi connectivity index (χ1n) is 9.48. The highest BCUT2D eigenvalue weighted by Gasteiger charge is 2.09. The van der Waals surface area contributed by atoms with Gasteiger partial charge in [0, 0.05) is 7.11 Å². The Morgan fingerprint density at radius 1 is 0.778 bits per heavy atom. The first kappa shape index (κ1) is 26.2. The largest absolute Gasteiger partial charge is 0.382 e. The molecule has 0 bridgehead atoms. The fourth-order valence-electron chi connectivity index (χ4n) is 2.00. The number of carbonyl (C=O) groups is 1. The molecule has 0 aliphatic carbocycles. The van der Waals surface area contributed by atoms with Crippen molar-refractivity contribution in [1.82, 2.24) is 5.32 Å². The average Bonchev–Trinajstić information content (AvgIpc) is 2.60. The molecule has 3 N–H and O–H groups in total. The summed E-state index contributed by atoms with van der Waals surface area (Å²) in [5, 5.41) is 2.69. The maximum Gasteiger partial charge on any atom is 0.247 e. The number of rotatable bonds is 20. The average molecular weight is 395 g/mol. The summed E-state index contributed by atoms with van der Waals surface area (Å²) in [4.78, 5) is 11.6. The van der Waals surface area contributed by atoms with Crippen LogP contribution in [0, 0.1) is 5.92 Å². The molecule has 0 rings (SSSR count). The summed E-state index contributed by atoms with van der Waals surface area (Å²) < 4.78 is 31.4. The summed E-state index contributed by atoms with van der Waals surface area (Å²) in [7, 11) is 1.64. The van der Waals surface area contributed by atoms with Gasteiger partial charge in [-0.1, -0.05) is 13.8 Å². The Balaban J connectivity index is 3.19. The Bertz CT molecular complexity index is 333. The van der Waals surface area contributed by atoms with E-state index in [4.69, 9.17) is 34.2 Å². The van der Waals surface area contributed by atoms with Crippen molar-refractivity contribution in [2.24, 2.45) is 11.7 Å². The molecule has 27 heavy (non-hydrogen) atoms. The summed E-state index contributed by atoms with van der Waals surface area (Å²) in [5.74, 6) is 0.221. The van der Waals surface area contributed by atoms with E-state index in [1.807, 2.05) is 0 Å². The van der Waals surface area contributed by atoms with Crippen molar-refractivity contribution in [3.05, 3.63) is 0 Å². The fraction of sp³-hybridized carbons (Fsp3) is 0.944. The molecule has 0 aromatic rings. The number of ether oxygens (including phenoxy) is 6. The van der Waals surface area contributed by atoms with Crippen LogP contribution in [-0.2, 0) is 33.2 Å². The standard InChI is InChI=1S/C18H38N2O7/c1-16(2)14-17(19)20-18(21)15-27-13-12-26-11-10-25-9-8-24-7-6-23-5-4-22-3/h16-17H,4-15,19H2,1-3H3,(H,20,21). The van der Waals surface area contributed by atoms with Gasteiger partial charge >= 0.3 is 0 Å². The lowest BCUT2D eigenvalue weighted by molar-refractivity contribution is -0.127. The Morgan fingerprint density at radius 3 is 1.59 bits per heavy atom. The summed E-state index contributed by atoms with van der Waals surface area (Å²) in [6, 6.07) is 0. The molecule has 0 aliphatic heterocycles. The number of amides is 1. The lowest BCUT2D eigenvalue weighted by Gasteiger charge is -2.15. The van der Waals surface area contributed by atoms with Crippen LogP contribution in [0.2, 0.25) is 0 Å². The van der Waals surface area contributed by atoms with Gasteiger partial charge in [0.25, 0.3) is 0 Å². The van der Waals surface area contributed by atoms with Crippen molar-refractivity contribution in [3.63, 3.8) is 0 Å². The lowest BCUT2D eigenvalue weighted by Crippen LogP contribution is -2.44. The third-order valence-corrected chi connectivity index (χ3v) is 3.22.